The summed E-state index contributed by atoms with van der Waals surface area (Å²) in [7, 11) is 0. The molecule has 1 saturated heterocycles. The van der Waals surface area contributed by atoms with Crippen molar-refractivity contribution in [2.24, 2.45) is 0 Å². The molecule has 12 heteroatoms. The number of hydrogen-bond donors (Lipinski definition) is 2. The summed E-state index contributed by atoms with van der Waals surface area (Å²) in [6, 6.07) is 0.365. The topological polar surface area (TPSA) is 86.8 Å². The van der Waals surface area contributed by atoms with Gasteiger partial charge in [-0.15, -0.1) is 0 Å². The molecule has 2 amide bonds. The number of hydrogen-bond acceptors (Lipinski definition) is 6. The first-order valence-electron chi connectivity index (χ1n) is 10.0. The Labute approximate surface area is 189 Å². The molecule has 2 heterocycles. The maximum atomic E-state index is 12.8. The highest BCUT2D eigenvalue weighted by molar-refractivity contribution is 6.33. The van der Waals surface area contributed by atoms with E-state index in [9.17, 15) is 22.8 Å². The number of ether oxygens (including phenoxy) is 1. The molecule has 1 aliphatic rings. The number of rotatable bonds is 5. The summed E-state index contributed by atoms with van der Waals surface area (Å²) in [5.41, 5.74) is -1.40. The second-order valence-corrected chi connectivity index (χ2v) is 8.52. The van der Waals surface area contributed by atoms with Gasteiger partial charge in [0.25, 0.3) is 0 Å². The van der Waals surface area contributed by atoms with Crippen LogP contribution in [0.25, 0.3) is 0 Å². The number of piperazine rings is 1. The van der Waals surface area contributed by atoms with Crippen LogP contribution in [0, 0.1) is 0 Å². The molecule has 1 fully saturated rings. The number of amides is 2. The van der Waals surface area contributed by atoms with Gasteiger partial charge in [0, 0.05) is 37.9 Å². The van der Waals surface area contributed by atoms with Crippen molar-refractivity contribution in [1.29, 1.82) is 0 Å². The summed E-state index contributed by atoms with van der Waals surface area (Å²) in [6.07, 6.45) is -2.58. The van der Waals surface area contributed by atoms with Gasteiger partial charge in [-0.2, -0.15) is 13.2 Å². The minimum Gasteiger partial charge on any atom is -0.463 e. The standard InChI is InChI=1S/C20H27ClF3N5O3/c1-5-32-16(30)11-15(26-18(31)27-19(2,3)4)28-6-8-29(9-7-28)17-14(21)10-13(12-25-17)20(22,23)24/h10-12H,5-9H2,1-4H3,(H2,26,27,31)/b15-11-. The van der Waals surface area contributed by atoms with E-state index in [2.05, 4.69) is 15.6 Å². The minimum absolute atomic E-state index is 0.0988. The van der Waals surface area contributed by atoms with Crippen molar-refractivity contribution in [3.63, 3.8) is 0 Å². The van der Waals surface area contributed by atoms with E-state index in [4.69, 9.17) is 16.3 Å². The molecule has 1 aromatic heterocycles. The fraction of sp³-hybridized carbons (Fsp3) is 0.550. The van der Waals surface area contributed by atoms with Crippen molar-refractivity contribution in [3.05, 3.63) is 34.7 Å². The molecule has 32 heavy (non-hydrogen) atoms. The third-order valence-corrected chi connectivity index (χ3v) is 4.62. The van der Waals surface area contributed by atoms with Crippen molar-refractivity contribution in [2.75, 3.05) is 37.7 Å². The van der Waals surface area contributed by atoms with E-state index in [-0.39, 0.29) is 23.3 Å². The van der Waals surface area contributed by atoms with E-state index < -0.39 is 29.3 Å². The molecule has 0 unspecified atom stereocenters. The maximum Gasteiger partial charge on any atom is 0.417 e. The van der Waals surface area contributed by atoms with Crippen molar-refractivity contribution in [3.8, 4) is 0 Å². The number of halogens is 4. The third-order valence-electron chi connectivity index (χ3n) is 4.34. The number of carbonyl (C=O) groups excluding carboxylic acids is 2. The minimum atomic E-state index is -4.53. The highest BCUT2D eigenvalue weighted by Crippen LogP contribution is 2.33. The first kappa shape index (κ1) is 25.6. The zero-order valence-corrected chi connectivity index (χ0v) is 19.1. The molecule has 0 aliphatic carbocycles. The van der Waals surface area contributed by atoms with Crippen LogP contribution in [0.15, 0.2) is 24.2 Å². The molecule has 0 aromatic carbocycles. The summed E-state index contributed by atoms with van der Waals surface area (Å²) in [5, 5.41) is 5.33. The Morgan fingerprint density at radius 3 is 2.34 bits per heavy atom. The van der Waals surface area contributed by atoms with Crippen LogP contribution in [0.3, 0.4) is 0 Å². The van der Waals surface area contributed by atoms with E-state index in [0.29, 0.717) is 26.2 Å². The first-order chi connectivity index (χ1) is 14.8. The van der Waals surface area contributed by atoms with E-state index >= 15 is 0 Å². The van der Waals surface area contributed by atoms with Crippen molar-refractivity contribution in [1.82, 2.24) is 20.5 Å². The predicted octanol–water partition coefficient (Wildman–Crippen LogP) is 3.38. The average Bonchev–Trinajstić information content (AvgIpc) is 2.65. The van der Waals surface area contributed by atoms with Gasteiger partial charge >= 0.3 is 18.2 Å². The van der Waals surface area contributed by atoms with Crippen LogP contribution in [-0.2, 0) is 15.7 Å². The van der Waals surface area contributed by atoms with Crippen molar-refractivity contribution >= 4 is 29.4 Å². The molecule has 0 atom stereocenters. The Morgan fingerprint density at radius 2 is 1.84 bits per heavy atom. The SMILES string of the molecule is CCOC(=O)/C=C(/NC(=O)NC(C)(C)C)N1CCN(c2ncc(C(F)(F)F)cc2Cl)CC1. The Bertz CT molecular complexity index is 863. The quantitative estimate of drug-likeness (QED) is 0.499. The summed E-state index contributed by atoms with van der Waals surface area (Å²) in [5.74, 6) is -0.0987. The number of carbonyl (C=O) groups is 2. The molecule has 1 aliphatic heterocycles. The van der Waals surface area contributed by atoms with E-state index in [1.165, 1.54) is 6.08 Å². The lowest BCUT2D eigenvalue weighted by Crippen LogP contribution is -2.52. The lowest BCUT2D eigenvalue weighted by atomic mass is 10.1. The number of urea groups is 1. The zero-order chi connectivity index (χ0) is 24.1. The maximum absolute atomic E-state index is 12.8. The monoisotopic (exact) mass is 477 g/mol. The van der Waals surface area contributed by atoms with Gasteiger partial charge in [-0.05, 0) is 33.8 Å². The van der Waals surface area contributed by atoms with Gasteiger partial charge in [0.05, 0.1) is 23.3 Å². The van der Waals surface area contributed by atoms with E-state index in [0.717, 1.165) is 12.3 Å². The van der Waals surface area contributed by atoms with Gasteiger partial charge in [-0.25, -0.2) is 14.6 Å². The van der Waals surface area contributed by atoms with Gasteiger partial charge in [-0.1, -0.05) is 11.6 Å². The average molecular weight is 478 g/mol. The van der Waals surface area contributed by atoms with E-state index in [1.807, 2.05) is 20.8 Å². The van der Waals surface area contributed by atoms with Crippen LogP contribution >= 0.6 is 11.6 Å². The van der Waals surface area contributed by atoms with Crippen molar-refractivity contribution < 1.29 is 27.5 Å². The van der Waals surface area contributed by atoms with Crippen LogP contribution in [0.5, 0.6) is 0 Å². The third kappa shape index (κ3) is 7.47. The number of esters is 1. The largest absolute Gasteiger partial charge is 0.463 e. The summed E-state index contributed by atoms with van der Waals surface area (Å²) >= 11 is 6.05. The lowest BCUT2D eigenvalue weighted by molar-refractivity contribution is -0.138. The van der Waals surface area contributed by atoms with Crippen LogP contribution in [0.1, 0.15) is 33.3 Å². The van der Waals surface area contributed by atoms with Gasteiger partial charge in [0.2, 0.25) is 0 Å². The molecule has 2 N–H and O–H groups in total. The Balaban J connectivity index is 2.12. The molecule has 178 valence electrons. The summed E-state index contributed by atoms with van der Waals surface area (Å²) in [6.45, 7) is 8.76. The summed E-state index contributed by atoms with van der Waals surface area (Å²) in [4.78, 5) is 31.7. The molecule has 0 bridgehead atoms. The number of anilines is 1. The van der Waals surface area contributed by atoms with Gasteiger partial charge in [-0.3, -0.25) is 5.32 Å². The molecule has 0 saturated carbocycles. The van der Waals surface area contributed by atoms with Crippen LogP contribution < -0.4 is 15.5 Å². The fourth-order valence-electron chi connectivity index (χ4n) is 2.97. The summed E-state index contributed by atoms with van der Waals surface area (Å²) < 4.78 is 43.5. The number of nitrogens with one attached hydrogen (secondary N) is 2. The predicted molar refractivity (Wildman–Crippen MR) is 114 cm³/mol. The molecule has 2 rings (SSSR count). The number of nitrogens with zero attached hydrogens (tertiary/aromatic N) is 3. The normalized spacial score (nSPS) is 15.4. The Kier molecular flexibility index (Phi) is 8.22. The molecule has 0 radical (unpaired) electrons. The number of pyridine rings is 1. The highest BCUT2D eigenvalue weighted by Gasteiger charge is 2.32. The Hall–Kier alpha value is -2.69. The van der Waals surface area contributed by atoms with Crippen molar-refractivity contribution in [2.45, 2.75) is 39.4 Å². The van der Waals surface area contributed by atoms with Crippen LogP contribution in [0.4, 0.5) is 23.8 Å². The molecular formula is C20H27ClF3N5O3. The zero-order valence-electron chi connectivity index (χ0n) is 18.3. The second kappa shape index (κ2) is 10.3. The fourth-order valence-corrected chi connectivity index (χ4v) is 3.25. The lowest BCUT2D eigenvalue weighted by Gasteiger charge is -2.38. The van der Waals surface area contributed by atoms with Gasteiger partial charge < -0.3 is 19.9 Å². The second-order valence-electron chi connectivity index (χ2n) is 8.11. The Morgan fingerprint density at radius 1 is 1.22 bits per heavy atom. The van der Waals surface area contributed by atoms with E-state index in [1.54, 1.807) is 16.7 Å². The first-order valence-corrected chi connectivity index (χ1v) is 10.4. The number of aromatic nitrogens is 1. The smallest absolute Gasteiger partial charge is 0.417 e. The molecule has 0 spiro atoms. The molecule has 1 aromatic rings. The van der Waals surface area contributed by atoms with Crippen LogP contribution in [0.2, 0.25) is 5.02 Å². The molecular weight excluding hydrogens is 451 g/mol. The van der Waals surface area contributed by atoms with Gasteiger partial charge in [0.15, 0.2) is 0 Å². The van der Waals surface area contributed by atoms with Gasteiger partial charge in [0.1, 0.15) is 11.6 Å². The number of alkyl halides is 3. The highest BCUT2D eigenvalue weighted by atomic mass is 35.5. The molecule has 8 nitrogen and oxygen atoms in total. The van der Waals surface area contributed by atoms with Crippen LogP contribution in [-0.4, -0.2) is 60.2 Å².